The van der Waals surface area contributed by atoms with E-state index in [2.05, 4.69) is 54.8 Å². The van der Waals surface area contributed by atoms with Gasteiger partial charge in [-0.3, -0.25) is 0 Å². The van der Waals surface area contributed by atoms with Gasteiger partial charge in [0.2, 0.25) is 0 Å². The van der Waals surface area contributed by atoms with E-state index in [1.54, 1.807) is 7.11 Å². The van der Waals surface area contributed by atoms with Crippen molar-refractivity contribution in [3.63, 3.8) is 0 Å². The van der Waals surface area contributed by atoms with Crippen LogP contribution in [0.3, 0.4) is 0 Å². The molecule has 1 saturated carbocycles. The third-order valence-corrected chi connectivity index (χ3v) is 4.31. The Kier molecular flexibility index (Phi) is 6.71. The van der Waals surface area contributed by atoms with Crippen molar-refractivity contribution in [1.29, 1.82) is 0 Å². The lowest BCUT2D eigenvalue weighted by atomic mass is 10.1. The highest BCUT2D eigenvalue weighted by Gasteiger charge is 2.33. The first-order valence-corrected chi connectivity index (χ1v) is 8.31. The van der Waals surface area contributed by atoms with E-state index in [0.29, 0.717) is 12.6 Å². The van der Waals surface area contributed by atoms with Crippen LogP contribution in [0.1, 0.15) is 25.8 Å². The Hall–Kier alpha value is -1.50. The highest BCUT2D eigenvalue weighted by Crippen LogP contribution is 2.28. The topological polar surface area (TPSA) is 45.7 Å². The minimum atomic E-state index is 0. The summed E-state index contributed by atoms with van der Waals surface area (Å²) in [5.41, 5.74) is 1.21. The largest absolute Gasteiger partial charge is 0.497 e. The number of methoxy groups -OCH3 is 1. The Balaban J connectivity index is 0.00000208. The van der Waals surface area contributed by atoms with Crippen molar-refractivity contribution in [3.05, 3.63) is 42.0 Å². The summed E-state index contributed by atoms with van der Waals surface area (Å²) < 4.78 is 5.27. The van der Waals surface area contributed by atoms with Gasteiger partial charge in [0.15, 0.2) is 5.96 Å². The Bertz CT molecular complexity index is 717. The molecule has 2 atom stereocenters. The van der Waals surface area contributed by atoms with Crippen LogP contribution < -0.4 is 15.4 Å². The van der Waals surface area contributed by atoms with Gasteiger partial charge in [-0.2, -0.15) is 0 Å². The minimum Gasteiger partial charge on any atom is -0.497 e. The van der Waals surface area contributed by atoms with Crippen molar-refractivity contribution in [2.45, 2.75) is 32.9 Å². The van der Waals surface area contributed by atoms with Crippen LogP contribution >= 0.6 is 24.0 Å². The summed E-state index contributed by atoms with van der Waals surface area (Å²) in [6.45, 7) is 5.92. The van der Waals surface area contributed by atoms with E-state index in [9.17, 15) is 0 Å². The summed E-state index contributed by atoms with van der Waals surface area (Å²) in [5, 5.41) is 9.21. The molecule has 1 fully saturated rings. The van der Waals surface area contributed by atoms with E-state index in [1.807, 2.05) is 6.07 Å². The average molecular weight is 439 g/mol. The quantitative estimate of drug-likeness (QED) is 0.422. The lowest BCUT2D eigenvalue weighted by molar-refractivity contribution is 0.415. The summed E-state index contributed by atoms with van der Waals surface area (Å²) in [5.74, 6) is 2.56. The Morgan fingerprint density at radius 1 is 1.21 bits per heavy atom. The van der Waals surface area contributed by atoms with E-state index >= 15 is 0 Å². The second kappa shape index (κ2) is 8.55. The fourth-order valence-electron chi connectivity index (χ4n) is 2.69. The molecule has 1 aliphatic carbocycles. The minimum absolute atomic E-state index is 0. The van der Waals surface area contributed by atoms with Crippen LogP contribution in [0, 0.1) is 5.92 Å². The molecular weight excluding hydrogens is 413 g/mol. The van der Waals surface area contributed by atoms with Crippen LogP contribution in [0.25, 0.3) is 10.8 Å². The molecular formula is C19H26IN3O. The molecule has 0 amide bonds. The van der Waals surface area contributed by atoms with Gasteiger partial charge in [0, 0.05) is 12.6 Å². The highest BCUT2D eigenvalue weighted by atomic mass is 127. The summed E-state index contributed by atoms with van der Waals surface area (Å²) in [7, 11) is 1.69. The first-order chi connectivity index (χ1) is 11.2. The molecule has 3 rings (SSSR count). The maximum Gasteiger partial charge on any atom is 0.191 e. The fraction of sp³-hybridized carbons (Fsp3) is 0.421. The van der Waals surface area contributed by atoms with Crippen LogP contribution in [0.4, 0.5) is 0 Å². The van der Waals surface area contributed by atoms with E-state index in [0.717, 1.165) is 24.2 Å². The number of ether oxygens (including phenoxy) is 1. The first-order valence-electron chi connectivity index (χ1n) is 8.31. The predicted octanol–water partition coefficient (Wildman–Crippen LogP) is 3.93. The molecule has 0 aliphatic heterocycles. The third kappa shape index (κ3) is 4.75. The van der Waals surface area contributed by atoms with Gasteiger partial charge in [0.1, 0.15) is 5.75 Å². The number of fused-ring (bicyclic) bond motifs is 1. The molecule has 0 saturated heterocycles. The smallest absolute Gasteiger partial charge is 0.191 e. The second-order valence-corrected chi connectivity index (χ2v) is 6.21. The van der Waals surface area contributed by atoms with Crippen molar-refractivity contribution < 1.29 is 4.74 Å². The molecule has 4 nitrogen and oxygen atoms in total. The lowest BCUT2D eigenvalue weighted by Gasteiger charge is -2.11. The van der Waals surface area contributed by atoms with Crippen LogP contribution in [0.5, 0.6) is 5.75 Å². The fourth-order valence-corrected chi connectivity index (χ4v) is 2.69. The molecule has 0 aromatic heterocycles. The number of nitrogens with one attached hydrogen (secondary N) is 2. The van der Waals surface area contributed by atoms with Gasteiger partial charge in [0.05, 0.1) is 13.7 Å². The summed E-state index contributed by atoms with van der Waals surface area (Å²) in [6.07, 6.45) is 1.24. The Labute approximate surface area is 161 Å². The van der Waals surface area contributed by atoms with Gasteiger partial charge < -0.3 is 15.4 Å². The van der Waals surface area contributed by atoms with E-state index in [-0.39, 0.29) is 24.0 Å². The molecule has 0 spiro atoms. The third-order valence-electron chi connectivity index (χ3n) is 4.31. The van der Waals surface area contributed by atoms with Crippen LogP contribution in [-0.2, 0) is 6.54 Å². The number of halogens is 1. The summed E-state index contributed by atoms with van der Waals surface area (Å²) in [4.78, 5) is 4.71. The zero-order chi connectivity index (χ0) is 16.2. The molecule has 2 aromatic carbocycles. The molecule has 0 bridgehead atoms. The van der Waals surface area contributed by atoms with Gasteiger partial charge in [-0.05, 0) is 53.8 Å². The molecule has 130 valence electrons. The number of hydrogen-bond donors (Lipinski definition) is 2. The number of guanidine groups is 1. The number of rotatable bonds is 5. The molecule has 2 aromatic rings. The molecule has 2 N–H and O–H groups in total. The molecule has 0 heterocycles. The van der Waals surface area contributed by atoms with Gasteiger partial charge in [0.25, 0.3) is 0 Å². The summed E-state index contributed by atoms with van der Waals surface area (Å²) in [6, 6.07) is 13.2. The molecule has 24 heavy (non-hydrogen) atoms. The molecule has 1 aliphatic rings. The maximum atomic E-state index is 5.27. The monoisotopic (exact) mass is 439 g/mol. The van der Waals surface area contributed by atoms with Crippen LogP contribution in [-0.4, -0.2) is 25.7 Å². The molecule has 0 radical (unpaired) electrons. The molecule has 5 heteroatoms. The average Bonchev–Trinajstić information content (AvgIpc) is 3.27. The second-order valence-electron chi connectivity index (χ2n) is 6.21. The zero-order valence-corrected chi connectivity index (χ0v) is 16.8. The van der Waals surface area contributed by atoms with E-state index in [1.165, 1.54) is 22.8 Å². The van der Waals surface area contributed by atoms with E-state index < -0.39 is 0 Å². The lowest BCUT2D eigenvalue weighted by Crippen LogP contribution is -2.39. The van der Waals surface area contributed by atoms with Crippen LogP contribution in [0.2, 0.25) is 0 Å². The van der Waals surface area contributed by atoms with E-state index in [4.69, 9.17) is 9.73 Å². The Morgan fingerprint density at radius 3 is 2.58 bits per heavy atom. The SMILES string of the molecule is CCNC(=NCc1ccc2cc(OC)ccc2c1)NC1CC1C.I. The molecule has 2 unspecified atom stereocenters. The van der Waals surface area contributed by atoms with Crippen LogP contribution in [0.15, 0.2) is 41.4 Å². The highest BCUT2D eigenvalue weighted by molar-refractivity contribution is 14.0. The van der Waals surface area contributed by atoms with Gasteiger partial charge in [-0.15, -0.1) is 24.0 Å². The number of hydrogen-bond acceptors (Lipinski definition) is 2. The summed E-state index contributed by atoms with van der Waals surface area (Å²) >= 11 is 0. The van der Waals surface area contributed by atoms with Crippen molar-refractivity contribution in [1.82, 2.24) is 10.6 Å². The van der Waals surface area contributed by atoms with Gasteiger partial charge in [-0.25, -0.2) is 4.99 Å². The first kappa shape index (κ1) is 18.8. The van der Waals surface area contributed by atoms with Crippen molar-refractivity contribution in [2.75, 3.05) is 13.7 Å². The number of aliphatic imine (C=N–C) groups is 1. The Morgan fingerprint density at radius 2 is 1.92 bits per heavy atom. The van der Waals surface area contributed by atoms with Gasteiger partial charge >= 0.3 is 0 Å². The normalized spacial score (nSPS) is 19.5. The predicted molar refractivity (Wildman–Crippen MR) is 111 cm³/mol. The zero-order valence-electron chi connectivity index (χ0n) is 14.5. The maximum absolute atomic E-state index is 5.27. The van der Waals surface area contributed by atoms with Crippen molar-refractivity contribution in [3.8, 4) is 5.75 Å². The van der Waals surface area contributed by atoms with Gasteiger partial charge in [-0.1, -0.05) is 25.1 Å². The number of benzene rings is 2. The van der Waals surface area contributed by atoms with Crippen molar-refractivity contribution >= 4 is 40.7 Å². The number of nitrogens with zero attached hydrogens (tertiary/aromatic N) is 1. The van der Waals surface area contributed by atoms with Crippen molar-refractivity contribution in [2.24, 2.45) is 10.9 Å². The standard InChI is InChI=1S/C19H25N3O.HI/c1-4-20-19(22-18-9-13(18)2)21-12-14-5-6-16-11-17(23-3)8-7-15(16)10-14;/h5-8,10-11,13,18H,4,9,12H2,1-3H3,(H2,20,21,22);1H.